The highest BCUT2D eigenvalue weighted by Crippen LogP contribution is 2.38. The van der Waals surface area contributed by atoms with E-state index in [1.807, 2.05) is 0 Å². The number of benzene rings is 2. The number of amides is 2. The van der Waals surface area contributed by atoms with E-state index < -0.39 is 5.91 Å². The maximum absolute atomic E-state index is 12.6. The van der Waals surface area contributed by atoms with Gasteiger partial charge in [-0.1, -0.05) is 11.6 Å². The smallest absolute Gasteiger partial charge is 0.293 e. The number of ether oxygens (including phenoxy) is 2. The van der Waals surface area contributed by atoms with Gasteiger partial charge in [-0.3, -0.25) is 14.5 Å². The topological polar surface area (TPSA) is 76.1 Å². The zero-order valence-corrected chi connectivity index (χ0v) is 17.8. The number of thioether (sulfide) groups is 1. The molecule has 1 aliphatic rings. The summed E-state index contributed by atoms with van der Waals surface area (Å²) in [6.45, 7) is 0.304. The molecule has 0 saturated carbocycles. The van der Waals surface area contributed by atoms with Crippen molar-refractivity contribution in [3.05, 3.63) is 56.4 Å². The van der Waals surface area contributed by atoms with Crippen molar-refractivity contribution in [1.29, 1.82) is 0 Å². The Morgan fingerprint density at radius 2 is 1.96 bits per heavy atom. The molecule has 0 spiro atoms. The van der Waals surface area contributed by atoms with Gasteiger partial charge in [0.25, 0.3) is 11.1 Å². The molecule has 0 aliphatic carbocycles. The van der Waals surface area contributed by atoms with Gasteiger partial charge in [0.05, 0.1) is 23.0 Å². The first-order chi connectivity index (χ1) is 13.4. The van der Waals surface area contributed by atoms with Crippen LogP contribution in [0.4, 0.5) is 4.79 Å². The maximum atomic E-state index is 12.6. The van der Waals surface area contributed by atoms with Crippen molar-refractivity contribution in [1.82, 2.24) is 4.90 Å². The van der Waals surface area contributed by atoms with Gasteiger partial charge in [0.15, 0.2) is 11.5 Å². The highest BCUT2D eigenvalue weighted by atomic mass is 79.9. The molecule has 1 saturated heterocycles. The summed E-state index contributed by atoms with van der Waals surface area (Å²) in [7, 11) is 1.43. The maximum Gasteiger partial charge on any atom is 0.293 e. The molecule has 1 fully saturated rings. The summed E-state index contributed by atoms with van der Waals surface area (Å²) in [6.07, 6.45) is 1.58. The Balaban J connectivity index is 1.68. The molecule has 0 atom stereocenters. The van der Waals surface area contributed by atoms with E-state index in [1.54, 1.807) is 42.5 Å². The summed E-state index contributed by atoms with van der Waals surface area (Å²) in [5, 5.41) is 10.1. The molecule has 2 amide bonds. The van der Waals surface area contributed by atoms with Crippen molar-refractivity contribution in [3.63, 3.8) is 0 Å². The van der Waals surface area contributed by atoms with Crippen LogP contribution in [0.25, 0.3) is 6.08 Å². The van der Waals surface area contributed by atoms with Crippen molar-refractivity contribution in [3.8, 4) is 17.2 Å². The Kier molecular flexibility index (Phi) is 6.53. The van der Waals surface area contributed by atoms with Crippen LogP contribution in [0.15, 0.2) is 45.8 Å². The van der Waals surface area contributed by atoms with E-state index >= 15 is 0 Å². The fourth-order valence-electron chi connectivity index (χ4n) is 2.46. The summed E-state index contributed by atoms with van der Waals surface area (Å²) in [4.78, 5) is 26.2. The molecule has 146 valence electrons. The van der Waals surface area contributed by atoms with Crippen molar-refractivity contribution in [2.45, 2.75) is 0 Å². The van der Waals surface area contributed by atoms with Gasteiger partial charge in [0.1, 0.15) is 12.4 Å². The molecule has 0 aromatic heterocycles. The van der Waals surface area contributed by atoms with Crippen LogP contribution in [0.1, 0.15) is 5.56 Å². The lowest BCUT2D eigenvalue weighted by Crippen LogP contribution is -2.32. The average Bonchev–Trinajstić information content (AvgIpc) is 2.93. The van der Waals surface area contributed by atoms with Crippen LogP contribution in [0.5, 0.6) is 17.2 Å². The Labute approximate surface area is 179 Å². The fraction of sp³-hybridized carbons (Fsp3) is 0.158. The first kappa shape index (κ1) is 20.6. The summed E-state index contributed by atoms with van der Waals surface area (Å²) in [5.41, 5.74) is 0.615. The number of hydrogen-bond acceptors (Lipinski definition) is 6. The molecule has 1 aliphatic heterocycles. The molecule has 2 aromatic carbocycles. The van der Waals surface area contributed by atoms with Crippen molar-refractivity contribution in [2.75, 3.05) is 20.3 Å². The Bertz CT molecular complexity index is 948. The number of phenolic OH excluding ortho intramolecular Hbond substituents is 1. The second kappa shape index (κ2) is 8.89. The number of aromatic hydroxyl groups is 1. The highest BCUT2D eigenvalue weighted by molar-refractivity contribution is 9.10. The third kappa shape index (κ3) is 4.63. The largest absolute Gasteiger partial charge is 0.503 e. The minimum atomic E-state index is -0.391. The molecule has 28 heavy (non-hydrogen) atoms. The van der Waals surface area contributed by atoms with E-state index in [-0.39, 0.29) is 34.8 Å². The van der Waals surface area contributed by atoms with E-state index in [0.717, 1.165) is 16.7 Å². The van der Waals surface area contributed by atoms with Crippen LogP contribution in [-0.2, 0) is 4.79 Å². The number of hydrogen-bond donors (Lipinski definition) is 1. The van der Waals surface area contributed by atoms with E-state index in [9.17, 15) is 14.7 Å². The van der Waals surface area contributed by atoms with E-state index in [1.165, 1.54) is 7.11 Å². The van der Waals surface area contributed by atoms with Crippen molar-refractivity contribution >= 4 is 56.5 Å². The normalized spacial score (nSPS) is 15.4. The van der Waals surface area contributed by atoms with Gasteiger partial charge in [-0.15, -0.1) is 0 Å². The molecule has 6 nitrogen and oxygen atoms in total. The SMILES string of the molecule is COc1cc(/C=C2\SC(=O)N(CCOc3ccc(Cl)cc3)C2=O)cc(Br)c1O. The third-order valence-electron chi connectivity index (χ3n) is 3.84. The standard InChI is InChI=1S/C19H15BrClNO5S/c1-26-15-9-11(8-14(20)17(15)23)10-16-18(24)22(19(25)28-16)6-7-27-13-4-2-12(21)3-5-13/h2-5,8-10,23H,6-7H2,1H3/b16-10-. The number of methoxy groups -OCH3 is 1. The lowest BCUT2D eigenvalue weighted by Gasteiger charge is -2.13. The quantitative estimate of drug-likeness (QED) is 0.586. The van der Waals surface area contributed by atoms with Crippen LogP contribution < -0.4 is 9.47 Å². The molecular weight excluding hydrogens is 470 g/mol. The number of imide groups is 1. The van der Waals surface area contributed by atoms with Crippen LogP contribution in [-0.4, -0.2) is 41.4 Å². The van der Waals surface area contributed by atoms with Gasteiger partial charge in [0.2, 0.25) is 0 Å². The summed E-state index contributed by atoms with van der Waals surface area (Å²) < 4.78 is 11.1. The zero-order valence-electron chi connectivity index (χ0n) is 14.6. The van der Waals surface area contributed by atoms with Gasteiger partial charge in [-0.2, -0.15) is 0 Å². The number of nitrogens with zero attached hydrogens (tertiary/aromatic N) is 1. The molecule has 0 bridgehead atoms. The number of rotatable bonds is 6. The number of carbonyl (C=O) groups is 2. The lowest BCUT2D eigenvalue weighted by molar-refractivity contribution is -0.123. The lowest BCUT2D eigenvalue weighted by atomic mass is 10.2. The minimum absolute atomic E-state index is 0.0351. The predicted molar refractivity (Wildman–Crippen MR) is 112 cm³/mol. The Morgan fingerprint density at radius 3 is 2.64 bits per heavy atom. The molecule has 0 unspecified atom stereocenters. The van der Waals surface area contributed by atoms with Crippen LogP contribution >= 0.6 is 39.3 Å². The molecule has 0 radical (unpaired) electrons. The number of phenols is 1. The molecule has 3 rings (SSSR count). The predicted octanol–water partition coefficient (Wildman–Crippen LogP) is 4.93. The molecule has 1 heterocycles. The Morgan fingerprint density at radius 1 is 1.25 bits per heavy atom. The van der Waals surface area contributed by atoms with E-state index in [4.69, 9.17) is 21.1 Å². The second-order valence-corrected chi connectivity index (χ2v) is 7.97. The zero-order chi connectivity index (χ0) is 20.3. The van der Waals surface area contributed by atoms with E-state index in [2.05, 4.69) is 15.9 Å². The minimum Gasteiger partial charge on any atom is -0.503 e. The van der Waals surface area contributed by atoms with Crippen molar-refractivity contribution < 1.29 is 24.2 Å². The highest BCUT2D eigenvalue weighted by Gasteiger charge is 2.34. The van der Waals surface area contributed by atoms with Crippen LogP contribution in [0, 0.1) is 0 Å². The van der Waals surface area contributed by atoms with Crippen LogP contribution in [0.2, 0.25) is 5.02 Å². The van der Waals surface area contributed by atoms with Gasteiger partial charge in [0, 0.05) is 5.02 Å². The molecule has 9 heteroatoms. The van der Waals surface area contributed by atoms with Gasteiger partial charge >= 0.3 is 0 Å². The fourth-order valence-corrected chi connectivity index (χ4v) is 3.91. The second-order valence-electron chi connectivity index (χ2n) is 5.69. The van der Waals surface area contributed by atoms with Gasteiger partial charge < -0.3 is 14.6 Å². The molecule has 2 aromatic rings. The van der Waals surface area contributed by atoms with Gasteiger partial charge in [-0.25, -0.2) is 0 Å². The average molecular weight is 485 g/mol. The molecular formula is C19H15BrClNO5S. The number of halogens is 2. The first-order valence-electron chi connectivity index (χ1n) is 8.09. The summed E-state index contributed by atoms with van der Waals surface area (Å²) in [6, 6.07) is 10.0. The molecule has 1 N–H and O–H groups in total. The van der Waals surface area contributed by atoms with E-state index in [0.29, 0.717) is 20.8 Å². The van der Waals surface area contributed by atoms with Gasteiger partial charge in [-0.05, 0) is 75.7 Å². The van der Waals surface area contributed by atoms with Crippen molar-refractivity contribution in [2.24, 2.45) is 0 Å². The third-order valence-corrected chi connectivity index (χ3v) is 5.60. The van der Waals surface area contributed by atoms with Crippen LogP contribution in [0.3, 0.4) is 0 Å². The Hall–Kier alpha value is -2.16. The first-order valence-corrected chi connectivity index (χ1v) is 10.1. The number of carbonyl (C=O) groups excluding carboxylic acids is 2. The summed E-state index contributed by atoms with van der Waals surface area (Å²) >= 11 is 9.91. The monoisotopic (exact) mass is 483 g/mol. The summed E-state index contributed by atoms with van der Waals surface area (Å²) in [5.74, 6) is 0.439.